The lowest BCUT2D eigenvalue weighted by molar-refractivity contribution is -0.138. The van der Waals surface area contributed by atoms with Crippen molar-refractivity contribution in [3.8, 4) is 5.75 Å². The first-order valence-corrected chi connectivity index (χ1v) is 5.93. The molecule has 0 fully saturated rings. The van der Waals surface area contributed by atoms with E-state index in [0.29, 0.717) is 18.0 Å². The fourth-order valence-corrected chi connectivity index (χ4v) is 1.55. The number of nitrogens with one attached hydrogen (secondary N) is 1. The molecule has 0 saturated carbocycles. The summed E-state index contributed by atoms with van der Waals surface area (Å²) in [6, 6.07) is 6.93. The lowest BCUT2D eigenvalue weighted by atomic mass is 10.3. The number of hydrogen-bond acceptors (Lipinski definition) is 4. The molecule has 0 heterocycles. The van der Waals surface area contributed by atoms with Gasteiger partial charge in [0.25, 0.3) is 0 Å². The SMILES string of the molecule is CCN(CC(=O)O)CC(=O)Nc1ccc(OC)cc1. The Bertz CT molecular complexity index is 431. The molecule has 104 valence electrons. The Balaban J connectivity index is 2.51. The second-order valence-electron chi connectivity index (χ2n) is 3.97. The van der Waals surface area contributed by atoms with Gasteiger partial charge in [0, 0.05) is 5.69 Å². The highest BCUT2D eigenvalue weighted by Crippen LogP contribution is 2.14. The predicted octanol–water partition coefficient (Wildman–Crippen LogP) is 1.04. The number of carbonyl (C=O) groups is 2. The highest BCUT2D eigenvalue weighted by molar-refractivity contribution is 5.92. The largest absolute Gasteiger partial charge is 0.497 e. The fourth-order valence-electron chi connectivity index (χ4n) is 1.55. The van der Waals surface area contributed by atoms with E-state index in [1.807, 2.05) is 6.92 Å². The number of carboxylic acid groups (broad SMARTS) is 1. The highest BCUT2D eigenvalue weighted by Gasteiger charge is 2.12. The molecule has 0 aliphatic carbocycles. The van der Waals surface area contributed by atoms with Crippen molar-refractivity contribution in [2.24, 2.45) is 0 Å². The third-order valence-electron chi connectivity index (χ3n) is 2.55. The molecule has 0 aromatic heterocycles. The van der Waals surface area contributed by atoms with Gasteiger partial charge in [0.1, 0.15) is 5.75 Å². The van der Waals surface area contributed by atoms with Gasteiger partial charge in [-0.3, -0.25) is 14.5 Å². The van der Waals surface area contributed by atoms with E-state index < -0.39 is 5.97 Å². The minimum atomic E-state index is -0.945. The fraction of sp³-hybridized carbons (Fsp3) is 0.385. The van der Waals surface area contributed by atoms with Gasteiger partial charge < -0.3 is 15.2 Å². The first-order valence-electron chi connectivity index (χ1n) is 5.93. The van der Waals surface area contributed by atoms with E-state index in [2.05, 4.69) is 5.32 Å². The van der Waals surface area contributed by atoms with Gasteiger partial charge in [-0.05, 0) is 30.8 Å². The summed E-state index contributed by atoms with van der Waals surface area (Å²) in [5.74, 6) is -0.480. The zero-order valence-electron chi connectivity index (χ0n) is 11.0. The van der Waals surface area contributed by atoms with E-state index in [0.717, 1.165) is 0 Å². The molecular weight excluding hydrogens is 248 g/mol. The minimum absolute atomic E-state index is 0.0504. The van der Waals surface area contributed by atoms with Gasteiger partial charge in [0.05, 0.1) is 20.2 Å². The van der Waals surface area contributed by atoms with Crippen LogP contribution in [0.2, 0.25) is 0 Å². The second kappa shape index (κ2) is 7.38. The Morgan fingerprint density at radius 1 is 1.26 bits per heavy atom. The van der Waals surface area contributed by atoms with Crippen molar-refractivity contribution in [2.45, 2.75) is 6.92 Å². The number of likely N-dealkylation sites (N-methyl/N-ethyl adjacent to an activating group) is 1. The number of benzene rings is 1. The summed E-state index contributed by atoms with van der Waals surface area (Å²) in [5.41, 5.74) is 0.650. The van der Waals surface area contributed by atoms with Gasteiger partial charge in [-0.1, -0.05) is 6.92 Å². The van der Waals surface area contributed by atoms with Crippen LogP contribution in [0.25, 0.3) is 0 Å². The van der Waals surface area contributed by atoms with Crippen LogP contribution in [0.15, 0.2) is 24.3 Å². The lowest BCUT2D eigenvalue weighted by Gasteiger charge is -2.17. The lowest BCUT2D eigenvalue weighted by Crippen LogP contribution is -2.36. The molecule has 6 heteroatoms. The first kappa shape index (κ1) is 15.0. The molecule has 1 aromatic carbocycles. The van der Waals surface area contributed by atoms with Crippen molar-refractivity contribution < 1.29 is 19.4 Å². The molecule has 2 N–H and O–H groups in total. The Kier molecular flexibility index (Phi) is 5.81. The molecule has 1 aromatic rings. The zero-order chi connectivity index (χ0) is 14.3. The number of amides is 1. The summed E-state index contributed by atoms with van der Waals surface area (Å²) >= 11 is 0. The standard InChI is InChI=1S/C13H18N2O4/c1-3-15(9-13(17)18)8-12(16)14-10-4-6-11(19-2)7-5-10/h4-7H,3,8-9H2,1-2H3,(H,14,16)(H,17,18). The third kappa shape index (κ3) is 5.39. The molecule has 6 nitrogen and oxygen atoms in total. The number of carbonyl (C=O) groups excluding carboxylic acids is 1. The average Bonchev–Trinajstić information content (AvgIpc) is 2.38. The van der Waals surface area contributed by atoms with Crippen LogP contribution >= 0.6 is 0 Å². The van der Waals surface area contributed by atoms with Crippen molar-refractivity contribution in [3.05, 3.63) is 24.3 Å². The summed E-state index contributed by atoms with van der Waals surface area (Å²) < 4.78 is 5.01. The molecular formula is C13H18N2O4. The quantitative estimate of drug-likeness (QED) is 0.771. The number of rotatable bonds is 7. The molecule has 0 spiro atoms. The molecule has 0 atom stereocenters. The Labute approximate surface area is 112 Å². The topological polar surface area (TPSA) is 78.9 Å². The number of hydrogen-bond donors (Lipinski definition) is 2. The number of aliphatic carboxylic acids is 1. The summed E-state index contributed by atoms with van der Waals surface area (Å²) in [5, 5.41) is 11.4. The van der Waals surface area contributed by atoms with E-state index >= 15 is 0 Å². The van der Waals surface area contributed by atoms with Gasteiger partial charge in [-0.25, -0.2) is 0 Å². The smallest absolute Gasteiger partial charge is 0.317 e. The van der Waals surface area contributed by atoms with Crippen LogP contribution in [0.5, 0.6) is 5.75 Å². The van der Waals surface area contributed by atoms with E-state index in [-0.39, 0.29) is 19.0 Å². The van der Waals surface area contributed by atoms with Crippen molar-refractivity contribution in [1.82, 2.24) is 4.90 Å². The molecule has 0 radical (unpaired) electrons. The third-order valence-corrected chi connectivity index (χ3v) is 2.55. The molecule has 1 amide bonds. The van der Waals surface area contributed by atoms with Gasteiger partial charge in [-0.15, -0.1) is 0 Å². The van der Waals surface area contributed by atoms with Gasteiger partial charge in [0.2, 0.25) is 5.91 Å². The van der Waals surface area contributed by atoms with Crippen molar-refractivity contribution >= 4 is 17.6 Å². The minimum Gasteiger partial charge on any atom is -0.497 e. The number of anilines is 1. The predicted molar refractivity (Wildman–Crippen MR) is 71.4 cm³/mol. The zero-order valence-corrected chi connectivity index (χ0v) is 11.0. The second-order valence-corrected chi connectivity index (χ2v) is 3.97. The average molecular weight is 266 g/mol. The Morgan fingerprint density at radius 2 is 1.89 bits per heavy atom. The van der Waals surface area contributed by atoms with E-state index in [1.54, 1.807) is 36.3 Å². The monoisotopic (exact) mass is 266 g/mol. The number of methoxy groups -OCH3 is 1. The first-order chi connectivity index (χ1) is 9.05. The summed E-state index contributed by atoms with van der Waals surface area (Å²) in [6.45, 7) is 2.22. The summed E-state index contributed by atoms with van der Waals surface area (Å²) in [6.07, 6.45) is 0. The van der Waals surface area contributed by atoms with Gasteiger partial charge >= 0.3 is 5.97 Å². The Morgan fingerprint density at radius 3 is 2.37 bits per heavy atom. The Hall–Kier alpha value is -2.08. The van der Waals surface area contributed by atoms with Gasteiger partial charge in [0.15, 0.2) is 0 Å². The number of carboxylic acids is 1. The highest BCUT2D eigenvalue weighted by atomic mass is 16.5. The van der Waals surface area contributed by atoms with Crippen molar-refractivity contribution in [3.63, 3.8) is 0 Å². The van der Waals surface area contributed by atoms with Gasteiger partial charge in [-0.2, -0.15) is 0 Å². The van der Waals surface area contributed by atoms with Crippen LogP contribution in [0.1, 0.15) is 6.92 Å². The molecule has 0 unspecified atom stereocenters. The maximum atomic E-state index is 11.7. The van der Waals surface area contributed by atoms with Crippen LogP contribution in [0.3, 0.4) is 0 Å². The maximum Gasteiger partial charge on any atom is 0.317 e. The van der Waals surface area contributed by atoms with Crippen molar-refractivity contribution in [1.29, 1.82) is 0 Å². The number of ether oxygens (including phenoxy) is 1. The molecule has 19 heavy (non-hydrogen) atoms. The molecule has 0 aliphatic heterocycles. The van der Waals surface area contributed by atoms with E-state index in [9.17, 15) is 9.59 Å². The molecule has 0 bridgehead atoms. The van der Waals surface area contributed by atoms with E-state index in [1.165, 1.54) is 0 Å². The number of nitrogens with zero attached hydrogens (tertiary/aromatic N) is 1. The van der Waals surface area contributed by atoms with Crippen LogP contribution in [-0.2, 0) is 9.59 Å². The molecule has 0 aliphatic rings. The van der Waals surface area contributed by atoms with Crippen LogP contribution in [0.4, 0.5) is 5.69 Å². The normalized spacial score (nSPS) is 10.3. The van der Waals surface area contributed by atoms with Crippen LogP contribution < -0.4 is 10.1 Å². The maximum absolute atomic E-state index is 11.7. The summed E-state index contributed by atoms with van der Waals surface area (Å²) in [7, 11) is 1.57. The van der Waals surface area contributed by atoms with Crippen LogP contribution in [0, 0.1) is 0 Å². The molecule has 1 rings (SSSR count). The van der Waals surface area contributed by atoms with Crippen molar-refractivity contribution in [2.75, 3.05) is 32.1 Å². The summed E-state index contributed by atoms with van der Waals surface area (Å²) in [4.78, 5) is 23.9. The van der Waals surface area contributed by atoms with E-state index in [4.69, 9.17) is 9.84 Å². The molecule has 0 saturated heterocycles. The van der Waals surface area contributed by atoms with Crippen LogP contribution in [-0.4, -0.2) is 48.6 Å².